The highest BCUT2D eigenvalue weighted by Crippen LogP contribution is 2.20. The fraction of sp³-hybridized carbons (Fsp3) is 0.889. The van der Waals surface area contributed by atoms with Crippen molar-refractivity contribution in [2.45, 2.75) is 37.9 Å². The Morgan fingerprint density at radius 3 is 2.92 bits per heavy atom. The van der Waals surface area contributed by atoms with Gasteiger partial charge in [0.05, 0.1) is 18.8 Å². The minimum absolute atomic E-state index is 0.196. The van der Waals surface area contributed by atoms with Crippen LogP contribution in [0.15, 0.2) is 0 Å². The van der Waals surface area contributed by atoms with E-state index in [1.54, 1.807) is 0 Å². The van der Waals surface area contributed by atoms with Crippen molar-refractivity contribution in [3.63, 3.8) is 0 Å². The van der Waals surface area contributed by atoms with Gasteiger partial charge in [-0.25, -0.2) is 0 Å². The van der Waals surface area contributed by atoms with E-state index in [2.05, 4.69) is 0 Å². The zero-order chi connectivity index (χ0) is 8.39. The standard InChI is InChI=1S/C9H14O3/c10-7-4-9(5-7)12-6-8-2-1-3-11-8/h8-9H,1-6H2. The molecular formula is C9H14O3. The lowest BCUT2D eigenvalue weighted by atomic mass is 9.94. The fourth-order valence-corrected chi connectivity index (χ4v) is 1.59. The molecule has 12 heavy (non-hydrogen) atoms. The number of carbonyl (C=O) groups excluding carboxylic acids is 1. The molecule has 0 aromatic rings. The Morgan fingerprint density at radius 1 is 1.50 bits per heavy atom. The smallest absolute Gasteiger partial charge is 0.138 e. The topological polar surface area (TPSA) is 35.5 Å². The zero-order valence-electron chi connectivity index (χ0n) is 7.12. The van der Waals surface area contributed by atoms with Gasteiger partial charge in [0, 0.05) is 19.4 Å². The third-order valence-electron chi connectivity index (χ3n) is 2.45. The summed E-state index contributed by atoms with van der Waals surface area (Å²) in [6, 6.07) is 0. The summed E-state index contributed by atoms with van der Waals surface area (Å²) >= 11 is 0. The number of hydrogen-bond donors (Lipinski definition) is 0. The molecule has 0 radical (unpaired) electrons. The van der Waals surface area contributed by atoms with Crippen LogP contribution in [0.3, 0.4) is 0 Å². The molecule has 0 bridgehead atoms. The van der Waals surface area contributed by atoms with Gasteiger partial charge in [-0.2, -0.15) is 0 Å². The summed E-state index contributed by atoms with van der Waals surface area (Å²) in [5, 5.41) is 0. The maximum atomic E-state index is 10.6. The van der Waals surface area contributed by atoms with Gasteiger partial charge in [0.1, 0.15) is 5.78 Å². The first-order chi connectivity index (χ1) is 5.84. The van der Waals surface area contributed by atoms with Crippen molar-refractivity contribution in [2.75, 3.05) is 13.2 Å². The monoisotopic (exact) mass is 170 g/mol. The van der Waals surface area contributed by atoms with Gasteiger partial charge in [-0.15, -0.1) is 0 Å². The van der Waals surface area contributed by atoms with Crippen LogP contribution in [0.4, 0.5) is 0 Å². The van der Waals surface area contributed by atoms with E-state index >= 15 is 0 Å². The molecule has 1 heterocycles. The van der Waals surface area contributed by atoms with Crippen LogP contribution < -0.4 is 0 Å². The highest BCUT2D eigenvalue weighted by molar-refractivity contribution is 5.85. The summed E-state index contributed by atoms with van der Waals surface area (Å²) in [6.07, 6.45) is 3.99. The van der Waals surface area contributed by atoms with Gasteiger partial charge in [-0.05, 0) is 12.8 Å². The molecular weight excluding hydrogens is 156 g/mol. The van der Waals surface area contributed by atoms with Gasteiger partial charge >= 0.3 is 0 Å². The molecule has 1 unspecified atom stereocenters. The molecule has 0 amide bonds. The van der Waals surface area contributed by atoms with E-state index in [1.807, 2.05) is 0 Å². The second-order valence-electron chi connectivity index (χ2n) is 3.54. The molecule has 3 heteroatoms. The lowest BCUT2D eigenvalue weighted by Crippen LogP contribution is -2.33. The summed E-state index contributed by atoms with van der Waals surface area (Å²) in [5.41, 5.74) is 0. The van der Waals surface area contributed by atoms with Crippen LogP contribution in [0.1, 0.15) is 25.7 Å². The van der Waals surface area contributed by atoms with Gasteiger partial charge in [0.2, 0.25) is 0 Å². The van der Waals surface area contributed by atoms with Crippen molar-refractivity contribution in [3.8, 4) is 0 Å². The van der Waals surface area contributed by atoms with Crippen LogP contribution in [-0.4, -0.2) is 31.2 Å². The first kappa shape index (κ1) is 8.20. The SMILES string of the molecule is O=C1CC(OCC2CCCO2)C1. The van der Waals surface area contributed by atoms with Gasteiger partial charge < -0.3 is 9.47 Å². The minimum Gasteiger partial charge on any atom is -0.376 e. The van der Waals surface area contributed by atoms with Crippen LogP contribution in [0.2, 0.25) is 0 Å². The van der Waals surface area contributed by atoms with Crippen LogP contribution in [0.25, 0.3) is 0 Å². The Balaban J connectivity index is 1.59. The Morgan fingerprint density at radius 2 is 2.33 bits per heavy atom. The van der Waals surface area contributed by atoms with Crippen molar-refractivity contribution in [3.05, 3.63) is 0 Å². The maximum absolute atomic E-state index is 10.6. The third kappa shape index (κ3) is 1.84. The van der Waals surface area contributed by atoms with Crippen LogP contribution in [0, 0.1) is 0 Å². The van der Waals surface area contributed by atoms with Gasteiger partial charge in [0.15, 0.2) is 0 Å². The summed E-state index contributed by atoms with van der Waals surface area (Å²) < 4.78 is 10.9. The third-order valence-corrected chi connectivity index (χ3v) is 2.45. The van der Waals surface area contributed by atoms with Crippen molar-refractivity contribution >= 4 is 5.78 Å². The fourth-order valence-electron chi connectivity index (χ4n) is 1.59. The molecule has 0 aromatic heterocycles. The minimum atomic E-state index is 0.196. The summed E-state index contributed by atoms with van der Waals surface area (Å²) in [4.78, 5) is 10.6. The second-order valence-corrected chi connectivity index (χ2v) is 3.54. The molecule has 2 aliphatic rings. The number of ether oxygens (including phenoxy) is 2. The Bertz CT molecular complexity index is 165. The van der Waals surface area contributed by atoms with E-state index in [9.17, 15) is 4.79 Å². The van der Waals surface area contributed by atoms with Crippen molar-refractivity contribution in [2.24, 2.45) is 0 Å². The number of ketones is 1. The molecule has 2 rings (SSSR count). The van der Waals surface area contributed by atoms with Crippen LogP contribution in [0.5, 0.6) is 0 Å². The Hall–Kier alpha value is -0.410. The lowest BCUT2D eigenvalue weighted by Gasteiger charge is -2.25. The van der Waals surface area contributed by atoms with E-state index in [4.69, 9.17) is 9.47 Å². The first-order valence-corrected chi connectivity index (χ1v) is 4.59. The summed E-state index contributed by atoms with van der Waals surface area (Å²) in [7, 11) is 0. The van der Waals surface area contributed by atoms with E-state index in [1.165, 1.54) is 0 Å². The normalized spacial score (nSPS) is 30.7. The van der Waals surface area contributed by atoms with Gasteiger partial charge in [0.25, 0.3) is 0 Å². The quantitative estimate of drug-likeness (QED) is 0.631. The number of rotatable bonds is 3. The molecule has 68 valence electrons. The van der Waals surface area contributed by atoms with Crippen LogP contribution >= 0.6 is 0 Å². The largest absolute Gasteiger partial charge is 0.376 e. The van der Waals surface area contributed by atoms with E-state index in [0.29, 0.717) is 31.3 Å². The number of hydrogen-bond acceptors (Lipinski definition) is 3. The van der Waals surface area contributed by atoms with E-state index in [0.717, 1.165) is 19.4 Å². The molecule has 1 saturated carbocycles. The predicted octanol–water partition coefficient (Wildman–Crippen LogP) is 0.913. The van der Waals surface area contributed by atoms with E-state index < -0.39 is 0 Å². The van der Waals surface area contributed by atoms with Crippen molar-refractivity contribution < 1.29 is 14.3 Å². The van der Waals surface area contributed by atoms with Crippen molar-refractivity contribution in [1.29, 1.82) is 0 Å². The number of Topliss-reactive ketones (excluding diaryl/α,β-unsaturated/α-hetero) is 1. The van der Waals surface area contributed by atoms with Gasteiger partial charge in [-0.1, -0.05) is 0 Å². The molecule has 2 fully saturated rings. The first-order valence-electron chi connectivity index (χ1n) is 4.59. The lowest BCUT2D eigenvalue weighted by molar-refractivity contribution is -0.136. The molecule has 1 atom stereocenters. The predicted molar refractivity (Wildman–Crippen MR) is 43.0 cm³/mol. The number of carbonyl (C=O) groups is 1. The molecule has 3 nitrogen and oxygen atoms in total. The average Bonchev–Trinajstić information content (AvgIpc) is 2.47. The molecule has 1 aliphatic carbocycles. The van der Waals surface area contributed by atoms with Crippen molar-refractivity contribution in [1.82, 2.24) is 0 Å². The highest BCUT2D eigenvalue weighted by Gasteiger charge is 2.28. The molecule has 1 saturated heterocycles. The zero-order valence-corrected chi connectivity index (χ0v) is 7.12. The molecule has 0 spiro atoms. The highest BCUT2D eigenvalue weighted by atomic mass is 16.5. The molecule has 0 N–H and O–H groups in total. The van der Waals surface area contributed by atoms with Crippen LogP contribution in [-0.2, 0) is 14.3 Å². The Kier molecular flexibility index (Phi) is 2.42. The summed E-state index contributed by atoms with van der Waals surface area (Å²) in [6.45, 7) is 1.55. The Labute approximate surface area is 72.0 Å². The maximum Gasteiger partial charge on any atom is 0.138 e. The molecule has 0 aromatic carbocycles. The summed E-state index contributed by atoms with van der Waals surface area (Å²) in [5.74, 6) is 0.326. The van der Waals surface area contributed by atoms with Gasteiger partial charge in [-0.3, -0.25) is 4.79 Å². The molecule has 1 aliphatic heterocycles. The average molecular weight is 170 g/mol. The second kappa shape index (κ2) is 3.54. The van der Waals surface area contributed by atoms with E-state index in [-0.39, 0.29) is 6.10 Å².